The van der Waals surface area contributed by atoms with E-state index in [-0.39, 0.29) is 11.0 Å². The minimum atomic E-state index is -0.831. The Morgan fingerprint density at radius 3 is 1.82 bits per heavy atom. The number of carbonyl (C=O) groups excluding carboxylic acids is 2. The van der Waals surface area contributed by atoms with Gasteiger partial charge in [-0.3, -0.25) is 14.6 Å². The molecule has 0 saturated carbocycles. The van der Waals surface area contributed by atoms with Gasteiger partial charge < -0.3 is 10.6 Å². The van der Waals surface area contributed by atoms with Gasteiger partial charge in [0.2, 0.25) is 11.0 Å². The average Bonchev–Trinajstić information content (AvgIpc) is 3.02. The quantitative estimate of drug-likeness (QED) is 0.212. The van der Waals surface area contributed by atoms with Crippen LogP contribution in [0.5, 0.6) is 0 Å². The second kappa shape index (κ2) is 14.1. The third-order valence-corrected chi connectivity index (χ3v) is 8.71. The Labute approximate surface area is 241 Å². The topological polar surface area (TPSA) is 76.3 Å². The molecule has 0 aliphatic carbocycles. The van der Waals surface area contributed by atoms with Crippen LogP contribution in [0.15, 0.2) is 116 Å². The van der Waals surface area contributed by atoms with Crippen LogP contribution in [0.2, 0.25) is 0 Å². The highest BCUT2D eigenvalue weighted by molar-refractivity contribution is 8.14. The summed E-state index contributed by atoms with van der Waals surface area (Å²) in [6.45, 7) is 2.07. The lowest BCUT2D eigenvalue weighted by Gasteiger charge is -2.37. The van der Waals surface area contributed by atoms with Crippen LogP contribution in [0.25, 0.3) is 0 Å². The van der Waals surface area contributed by atoms with Crippen LogP contribution >= 0.6 is 11.8 Å². The summed E-state index contributed by atoms with van der Waals surface area (Å²) in [7, 11) is 1.70. The second-order valence-corrected chi connectivity index (χ2v) is 11.2. The lowest BCUT2D eigenvalue weighted by molar-refractivity contribution is -0.136. The van der Waals surface area contributed by atoms with E-state index in [1.807, 2.05) is 66.7 Å². The van der Waals surface area contributed by atoms with Crippen molar-refractivity contribution in [2.75, 3.05) is 7.05 Å². The maximum Gasteiger partial charge on any atom is 0.239 e. The van der Waals surface area contributed by atoms with Gasteiger partial charge in [-0.2, -0.15) is 0 Å². The van der Waals surface area contributed by atoms with E-state index in [0.717, 1.165) is 35.1 Å². The van der Waals surface area contributed by atoms with Crippen molar-refractivity contribution in [2.24, 2.45) is 5.73 Å². The highest BCUT2D eigenvalue weighted by atomic mass is 32.2. The Morgan fingerprint density at radius 2 is 1.38 bits per heavy atom. The van der Waals surface area contributed by atoms with Crippen LogP contribution < -0.4 is 5.73 Å². The molecule has 0 unspecified atom stereocenters. The van der Waals surface area contributed by atoms with Gasteiger partial charge in [-0.05, 0) is 34.7 Å². The van der Waals surface area contributed by atoms with Crippen LogP contribution in [0.1, 0.15) is 48.4 Å². The Morgan fingerprint density at radius 1 is 0.850 bits per heavy atom. The fourth-order valence-electron chi connectivity index (χ4n) is 5.00. The summed E-state index contributed by atoms with van der Waals surface area (Å²) in [5.41, 5.74) is 10.2. The monoisotopic (exact) mass is 551 g/mol. The molecule has 6 heteroatoms. The fourth-order valence-corrected chi connectivity index (χ4v) is 6.44. The number of carbonyl (C=O) groups is 2. The molecule has 0 saturated heterocycles. The number of hydrogen-bond acceptors (Lipinski definition) is 5. The summed E-state index contributed by atoms with van der Waals surface area (Å²) in [6.07, 6.45) is 6.19. The zero-order chi connectivity index (χ0) is 28.4. The summed E-state index contributed by atoms with van der Waals surface area (Å²) in [4.78, 5) is 33.9. The average molecular weight is 552 g/mol. The maximum atomic E-state index is 14.6. The van der Waals surface area contributed by atoms with E-state index >= 15 is 0 Å². The van der Waals surface area contributed by atoms with Crippen LogP contribution in [0.3, 0.4) is 0 Å². The molecule has 0 aliphatic heterocycles. The first-order valence-electron chi connectivity index (χ1n) is 13.8. The molecule has 0 spiro atoms. The molecule has 1 aromatic heterocycles. The minimum Gasteiger partial charge on any atom is -0.333 e. The van der Waals surface area contributed by atoms with Gasteiger partial charge in [-0.15, -0.1) is 0 Å². The highest BCUT2D eigenvalue weighted by Gasteiger charge is 2.42. The molecule has 4 rings (SSSR count). The molecular weight excluding hydrogens is 514 g/mol. The molecule has 2 atom stereocenters. The van der Waals surface area contributed by atoms with Gasteiger partial charge in [0, 0.05) is 25.9 Å². The molecule has 0 fully saturated rings. The van der Waals surface area contributed by atoms with Gasteiger partial charge in [0.15, 0.2) is 0 Å². The molecule has 206 valence electrons. The number of benzene rings is 3. The zero-order valence-corrected chi connectivity index (χ0v) is 24.0. The van der Waals surface area contributed by atoms with Crippen LogP contribution in [-0.2, 0) is 20.8 Å². The van der Waals surface area contributed by atoms with Gasteiger partial charge >= 0.3 is 0 Å². The van der Waals surface area contributed by atoms with Crippen LogP contribution in [0, 0.1) is 0 Å². The second-order valence-electron chi connectivity index (χ2n) is 9.98. The first-order valence-corrected chi connectivity index (χ1v) is 14.6. The number of nitrogens with zero attached hydrogens (tertiary/aromatic N) is 2. The molecule has 1 heterocycles. The standard InChI is InChI=1S/C34H37N3O2S/c1-3-4-22-30(35)32(38)37(2)31(24-26-15-14-23-36-25-26)33(39)40-34(27-16-8-5-9-17-27,28-18-10-6-11-19-28)29-20-12-7-13-21-29/h5-21,23,25,30-31H,3-4,22,24,35H2,1-2H3/t30-,31-/m0/s1. The zero-order valence-electron chi connectivity index (χ0n) is 23.1. The molecule has 0 bridgehead atoms. The van der Waals surface area contributed by atoms with Gasteiger partial charge in [0.05, 0.1) is 10.8 Å². The highest BCUT2D eigenvalue weighted by Crippen LogP contribution is 2.49. The maximum absolute atomic E-state index is 14.6. The number of hydrogen-bond donors (Lipinski definition) is 1. The number of likely N-dealkylation sites (N-methyl/N-ethyl adjacent to an activating group) is 1. The number of aromatic nitrogens is 1. The Bertz CT molecular complexity index is 1250. The van der Waals surface area contributed by atoms with Gasteiger partial charge in [-0.25, -0.2) is 0 Å². The molecule has 3 aromatic carbocycles. The molecule has 2 N–H and O–H groups in total. The third-order valence-electron chi connectivity index (χ3n) is 7.22. The minimum absolute atomic E-state index is 0.112. The first kappa shape index (κ1) is 29.2. The Hall–Kier alpha value is -3.74. The van der Waals surface area contributed by atoms with Crippen molar-refractivity contribution in [3.8, 4) is 0 Å². The van der Waals surface area contributed by atoms with E-state index in [2.05, 4.69) is 48.3 Å². The predicted octanol–water partition coefficient (Wildman–Crippen LogP) is 6.22. The van der Waals surface area contributed by atoms with Crippen molar-refractivity contribution in [1.29, 1.82) is 0 Å². The number of amides is 1. The van der Waals surface area contributed by atoms with Crippen LogP contribution in [0.4, 0.5) is 0 Å². The number of pyridine rings is 1. The lowest BCUT2D eigenvalue weighted by atomic mass is 9.84. The van der Waals surface area contributed by atoms with Crippen molar-refractivity contribution in [3.63, 3.8) is 0 Å². The van der Waals surface area contributed by atoms with E-state index in [1.165, 1.54) is 11.8 Å². The van der Waals surface area contributed by atoms with Crippen molar-refractivity contribution in [3.05, 3.63) is 138 Å². The summed E-state index contributed by atoms with van der Waals surface area (Å²) in [5.74, 6) is -0.221. The van der Waals surface area contributed by atoms with E-state index < -0.39 is 16.8 Å². The van der Waals surface area contributed by atoms with E-state index in [1.54, 1.807) is 24.3 Å². The number of rotatable bonds is 12. The molecule has 0 radical (unpaired) electrons. The van der Waals surface area contributed by atoms with E-state index in [0.29, 0.717) is 12.8 Å². The Balaban J connectivity index is 1.81. The van der Waals surface area contributed by atoms with Crippen molar-refractivity contribution < 1.29 is 9.59 Å². The summed E-state index contributed by atoms with van der Waals surface area (Å²) >= 11 is 1.26. The van der Waals surface area contributed by atoms with Crippen LogP contribution in [-0.4, -0.2) is 40.0 Å². The van der Waals surface area contributed by atoms with Gasteiger partial charge in [0.25, 0.3) is 0 Å². The molecule has 5 nitrogen and oxygen atoms in total. The first-order chi connectivity index (χ1) is 19.5. The van der Waals surface area contributed by atoms with E-state index in [9.17, 15) is 9.59 Å². The van der Waals surface area contributed by atoms with E-state index in [4.69, 9.17) is 5.73 Å². The summed E-state index contributed by atoms with van der Waals surface area (Å²) < 4.78 is -0.831. The SMILES string of the molecule is CCCC[C@H](N)C(=O)N(C)[C@@H](Cc1cccnc1)C(=O)SC(c1ccccc1)(c1ccccc1)c1ccccc1. The fraction of sp³-hybridized carbons (Fsp3) is 0.265. The molecule has 0 aliphatic rings. The largest absolute Gasteiger partial charge is 0.333 e. The number of nitrogens with two attached hydrogens (primary N) is 1. The van der Waals surface area contributed by atoms with Crippen molar-refractivity contribution >= 4 is 22.8 Å². The Kier molecular flexibility index (Phi) is 10.3. The molecule has 40 heavy (non-hydrogen) atoms. The molecule has 1 amide bonds. The third kappa shape index (κ3) is 6.69. The smallest absolute Gasteiger partial charge is 0.239 e. The molecule has 4 aromatic rings. The summed E-state index contributed by atoms with van der Waals surface area (Å²) in [6, 6.07) is 32.7. The van der Waals surface area contributed by atoms with Crippen molar-refractivity contribution in [2.45, 2.75) is 49.4 Å². The number of thioether (sulfide) groups is 1. The van der Waals surface area contributed by atoms with Gasteiger partial charge in [0.1, 0.15) is 6.04 Å². The molecular formula is C34H37N3O2S. The number of unbranched alkanes of at least 4 members (excludes halogenated alkanes) is 1. The normalized spacial score (nSPS) is 12.9. The van der Waals surface area contributed by atoms with Crippen molar-refractivity contribution in [1.82, 2.24) is 9.88 Å². The van der Waals surface area contributed by atoms with Gasteiger partial charge in [-0.1, -0.05) is 129 Å². The lowest BCUT2D eigenvalue weighted by Crippen LogP contribution is -2.50. The summed E-state index contributed by atoms with van der Waals surface area (Å²) in [5, 5.41) is -0.112. The predicted molar refractivity (Wildman–Crippen MR) is 164 cm³/mol.